The molecule has 31 heavy (non-hydrogen) atoms. The first-order chi connectivity index (χ1) is 14.9. The first-order valence-electron chi connectivity index (χ1n) is 10.4. The van der Waals surface area contributed by atoms with Gasteiger partial charge in [-0.25, -0.2) is 0 Å². The zero-order valence-electron chi connectivity index (χ0n) is 17.1. The summed E-state index contributed by atoms with van der Waals surface area (Å²) >= 11 is 0. The third kappa shape index (κ3) is 3.98. The van der Waals surface area contributed by atoms with E-state index < -0.39 is 6.36 Å². The molecule has 1 saturated carbocycles. The van der Waals surface area contributed by atoms with Crippen molar-refractivity contribution in [1.82, 2.24) is 10.2 Å². The number of methoxy groups -OCH3 is 1. The largest absolute Gasteiger partial charge is 0.573 e. The number of anilines is 1. The van der Waals surface area contributed by atoms with Gasteiger partial charge in [0.15, 0.2) is 0 Å². The lowest BCUT2D eigenvalue weighted by Crippen LogP contribution is -2.48. The van der Waals surface area contributed by atoms with Gasteiger partial charge < -0.3 is 25.0 Å². The molecule has 0 amide bonds. The smallest absolute Gasteiger partial charge is 0.497 e. The van der Waals surface area contributed by atoms with Crippen LogP contribution in [0.1, 0.15) is 24.8 Å². The highest BCUT2D eigenvalue weighted by molar-refractivity contribution is 5.53. The summed E-state index contributed by atoms with van der Waals surface area (Å²) < 4.78 is 46.4. The van der Waals surface area contributed by atoms with E-state index in [-0.39, 0.29) is 11.3 Å². The van der Waals surface area contributed by atoms with E-state index >= 15 is 0 Å². The average Bonchev–Trinajstić information content (AvgIpc) is 3.21. The van der Waals surface area contributed by atoms with Crippen molar-refractivity contribution >= 4 is 5.69 Å². The molecule has 2 fully saturated rings. The van der Waals surface area contributed by atoms with Crippen molar-refractivity contribution in [3.63, 3.8) is 0 Å². The van der Waals surface area contributed by atoms with Crippen LogP contribution in [-0.4, -0.2) is 36.5 Å². The molecular formula is C23H24F3N3O2. The second kappa shape index (κ2) is 7.28. The Morgan fingerprint density at radius 3 is 2.48 bits per heavy atom. The Balaban J connectivity index is 1.33. The number of halogens is 3. The van der Waals surface area contributed by atoms with Gasteiger partial charge in [0.25, 0.3) is 0 Å². The Morgan fingerprint density at radius 1 is 1.10 bits per heavy atom. The standard InChI is InChI=1S/C23H24F3N3O2/c1-30-17-8-4-15(5-9-17)13-22-14-20(22)29-12-2-3-19(29)21(28-22)27-16-6-10-18(11-7-16)31-23(24,25)26/h4-11,20,27-28H,2-3,12-14H2,1H3/t20-,22?/m1/s1. The second-order valence-corrected chi connectivity index (χ2v) is 8.34. The maximum Gasteiger partial charge on any atom is 0.573 e. The molecule has 0 spiro atoms. The molecule has 5 rings (SSSR count). The minimum Gasteiger partial charge on any atom is -0.497 e. The Kier molecular flexibility index (Phi) is 4.68. The summed E-state index contributed by atoms with van der Waals surface area (Å²) in [6.07, 6.45) is -0.639. The third-order valence-electron chi connectivity index (χ3n) is 6.27. The highest BCUT2D eigenvalue weighted by atomic mass is 19.4. The third-order valence-corrected chi connectivity index (χ3v) is 6.27. The van der Waals surface area contributed by atoms with Crippen LogP contribution in [0, 0.1) is 0 Å². The van der Waals surface area contributed by atoms with Crippen LogP contribution < -0.4 is 20.1 Å². The SMILES string of the molecule is COc1ccc(CC23C[C@H]2N2CCCC2=C(Nc2ccc(OC(F)(F)F)cc2)N3)cc1. The molecule has 0 radical (unpaired) electrons. The second-order valence-electron chi connectivity index (χ2n) is 8.34. The Hall–Kier alpha value is -3.03. The summed E-state index contributed by atoms with van der Waals surface area (Å²) in [6, 6.07) is 14.5. The van der Waals surface area contributed by atoms with Gasteiger partial charge in [-0.05, 0) is 67.6 Å². The summed E-state index contributed by atoms with van der Waals surface area (Å²) in [5.74, 6) is 1.56. The van der Waals surface area contributed by atoms with E-state index in [0.29, 0.717) is 6.04 Å². The lowest BCUT2D eigenvalue weighted by Gasteiger charge is -2.35. The Labute approximate surface area is 178 Å². The van der Waals surface area contributed by atoms with Crippen molar-refractivity contribution in [3.8, 4) is 11.5 Å². The fourth-order valence-corrected chi connectivity index (χ4v) is 4.79. The van der Waals surface area contributed by atoms with E-state index in [1.165, 1.54) is 23.4 Å². The zero-order valence-corrected chi connectivity index (χ0v) is 17.1. The van der Waals surface area contributed by atoms with E-state index in [4.69, 9.17) is 4.74 Å². The van der Waals surface area contributed by atoms with Gasteiger partial charge in [0.1, 0.15) is 17.3 Å². The lowest BCUT2D eigenvalue weighted by molar-refractivity contribution is -0.274. The molecule has 8 heteroatoms. The summed E-state index contributed by atoms with van der Waals surface area (Å²) in [6.45, 7) is 1.04. The molecule has 0 aromatic heterocycles. The van der Waals surface area contributed by atoms with Crippen LogP contribution in [0.5, 0.6) is 11.5 Å². The summed E-state index contributed by atoms with van der Waals surface area (Å²) in [4.78, 5) is 2.49. The number of allylic oxidation sites excluding steroid dienone is 1. The van der Waals surface area contributed by atoms with Crippen molar-refractivity contribution in [3.05, 3.63) is 65.6 Å². The monoisotopic (exact) mass is 431 g/mol. The molecule has 1 saturated heterocycles. The molecule has 2 N–H and O–H groups in total. The van der Waals surface area contributed by atoms with Crippen LogP contribution >= 0.6 is 0 Å². The van der Waals surface area contributed by atoms with Crippen molar-refractivity contribution in [2.75, 3.05) is 19.0 Å². The predicted octanol–water partition coefficient (Wildman–Crippen LogP) is 4.63. The van der Waals surface area contributed by atoms with Gasteiger partial charge in [0.2, 0.25) is 0 Å². The molecule has 1 aliphatic carbocycles. The van der Waals surface area contributed by atoms with Crippen LogP contribution in [0.15, 0.2) is 60.0 Å². The lowest BCUT2D eigenvalue weighted by atomic mass is 10.0. The predicted molar refractivity (Wildman–Crippen MR) is 111 cm³/mol. The van der Waals surface area contributed by atoms with Crippen molar-refractivity contribution in [2.45, 2.75) is 43.6 Å². The Bertz CT molecular complexity index is 989. The summed E-state index contributed by atoms with van der Waals surface area (Å²) in [7, 11) is 1.66. The van der Waals surface area contributed by atoms with Crippen molar-refractivity contribution in [2.24, 2.45) is 0 Å². The van der Waals surface area contributed by atoms with E-state index in [0.717, 1.165) is 49.5 Å². The molecule has 5 nitrogen and oxygen atoms in total. The minimum absolute atomic E-state index is 0.0376. The summed E-state index contributed by atoms with van der Waals surface area (Å²) in [5, 5.41) is 7.14. The maximum atomic E-state index is 12.4. The fourth-order valence-electron chi connectivity index (χ4n) is 4.79. The molecule has 1 unspecified atom stereocenters. The minimum atomic E-state index is -4.69. The number of rotatable bonds is 6. The topological polar surface area (TPSA) is 45.8 Å². The highest BCUT2D eigenvalue weighted by Gasteiger charge is 2.61. The van der Waals surface area contributed by atoms with E-state index in [1.807, 2.05) is 12.1 Å². The number of nitrogens with one attached hydrogen (secondary N) is 2. The molecule has 2 aromatic rings. The molecular weight excluding hydrogens is 407 g/mol. The van der Waals surface area contributed by atoms with Crippen LogP contribution in [0.4, 0.5) is 18.9 Å². The number of alkyl halides is 3. The van der Waals surface area contributed by atoms with Gasteiger partial charge in [-0.1, -0.05) is 12.1 Å². The number of hydrogen-bond donors (Lipinski definition) is 2. The average molecular weight is 431 g/mol. The zero-order chi connectivity index (χ0) is 21.6. The van der Waals surface area contributed by atoms with Crippen LogP contribution in [-0.2, 0) is 6.42 Å². The van der Waals surface area contributed by atoms with Gasteiger partial charge >= 0.3 is 6.36 Å². The van der Waals surface area contributed by atoms with Gasteiger partial charge in [-0.2, -0.15) is 0 Å². The normalized spacial score (nSPS) is 24.3. The van der Waals surface area contributed by atoms with E-state index in [9.17, 15) is 13.2 Å². The molecule has 2 aromatic carbocycles. The number of fused-ring (bicyclic) bond motifs is 3. The maximum absolute atomic E-state index is 12.4. The van der Waals surface area contributed by atoms with Gasteiger partial charge in [-0.15, -0.1) is 13.2 Å². The van der Waals surface area contributed by atoms with Gasteiger partial charge in [0.05, 0.1) is 24.4 Å². The first-order valence-corrected chi connectivity index (χ1v) is 10.4. The molecule has 2 heterocycles. The van der Waals surface area contributed by atoms with Crippen LogP contribution in [0.25, 0.3) is 0 Å². The Morgan fingerprint density at radius 2 is 1.81 bits per heavy atom. The molecule has 2 atom stereocenters. The molecule has 3 aliphatic rings. The van der Waals surface area contributed by atoms with E-state index in [1.54, 1.807) is 19.2 Å². The van der Waals surface area contributed by atoms with E-state index in [2.05, 4.69) is 32.4 Å². The molecule has 2 aliphatic heterocycles. The van der Waals surface area contributed by atoms with Gasteiger partial charge in [0, 0.05) is 12.2 Å². The number of hydrogen-bond acceptors (Lipinski definition) is 5. The summed E-state index contributed by atoms with van der Waals surface area (Å²) in [5.41, 5.74) is 3.18. The molecule has 164 valence electrons. The fraction of sp³-hybridized carbons (Fsp3) is 0.391. The molecule has 0 bridgehead atoms. The first kappa shape index (κ1) is 19.9. The van der Waals surface area contributed by atoms with Crippen LogP contribution in [0.3, 0.4) is 0 Å². The van der Waals surface area contributed by atoms with Crippen LogP contribution in [0.2, 0.25) is 0 Å². The van der Waals surface area contributed by atoms with Crippen molar-refractivity contribution < 1.29 is 22.6 Å². The van der Waals surface area contributed by atoms with Crippen molar-refractivity contribution in [1.29, 1.82) is 0 Å². The number of benzene rings is 2. The number of nitrogens with zero attached hydrogens (tertiary/aromatic N) is 1. The highest BCUT2D eigenvalue weighted by Crippen LogP contribution is 2.51. The number of ether oxygens (including phenoxy) is 2. The van der Waals surface area contributed by atoms with Gasteiger partial charge in [-0.3, -0.25) is 0 Å². The quantitative estimate of drug-likeness (QED) is 0.699.